The van der Waals surface area contributed by atoms with Crippen LogP contribution in [0.3, 0.4) is 0 Å². The van der Waals surface area contributed by atoms with E-state index in [1.54, 1.807) is 6.42 Å². The zero-order valence-electron chi connectivity index (χ0n) is 16.5. The lowest BCUT2D eigenvalue weighted by Crippen LogP contribution is -2.55. The normalized spacial score (nSPS) is 54.0. The third-order valence-corrected chi connectivity index (χ3v) is 9.90. The quantitative estimate of drug-likeness (QED) is 0.672. The lowest BCUT2D eigenvalue weighted by molar-refractivity contribution is -0.131. The highest BCUT2D eigenvalue weighted by atomic mass is 14.7. The molecule has 0 aromatic heterocycles. The molecular weight excluding hydrogens is 290 g/mol. The second kappa shape index (κ2) is 6.29. The van der Waals surface area contributed by atoms with E-state index in [0.29, 0.717) is 10.8 Å². The van der Waals surface area contributed by atoms with Crippen LogP contribution < -0.4 is 5.73 Å². The lowest BCUT2D eigenvalue weighted by Gasteiger charge is -2.62. The zero-order chi connectivity index (χ0) is 16.9. The van der Waals surface area contributed by atoms with Gasteiger partial charge in [0.2, 0.25) is 0 Å². The molecule has 2 N–H and O–H groups in total. The third kappa shape index (κ3) is 2.43. The van der Waals surface area contributed by atoms with Gasteiger partial charge >= 0.3 is 0 Å². The fraction of sp³-hybridized carbons (Fsp3) is 1.00. The predicted octanol–water partition coefficient (Wildman–Crippen LogP) is 6.02. The Bertz CT molecular complexity index is 459. The monoisotopic (exact) mass is 331 g/mol. The van der Waals surface area contributed by atoms with Gasteiger partial charge in [0, 0.05) is 0 Å². The SMILES string of the molecule is C[C@H]1CC2C3CCC(CCCN)C3(C)CC[C@@H]2C2(C)CCCCC12. The summed E-state index contributed by atoms with van der Waals surface area (Å²) >= 11 is 0. The van der Waals surface area contributed by atoms with Crippen LogP contribution in [-0.4, -0.2) is 6.54 Å². The van der Waals surface area contributed by atoms with E-state index in [4.69, 9.17) is 5.73 Å². The molecule has 0 spiro atoms. The topological polar surface area (TPSA) is 26.0 Å². The van der Waals surface area contributed by atoms with Gasteiger partial charge in [-0.2, -0.15) is 0 Å². The Hall–Kier alpha value is -0.0400. The van der Waals surface area contributed by atoms with Crippen LogP contribution in [0.5, 0.6) is 0 Å². The largest absolute Gasteiger partial charge is 0.330 e. The first-order valence-corrected chi connectivity index (χ1v) is 11.2. The first-order valence-electron chi connectivity index (χ1n) is 11.2. The van der Waals surface area contributed by atoms with Gasteiger partial charge in [-0.15, -0.1) is 0 Å². The van der Waals surface area contributed by atoms with Crippen molar-refractivity contribution in [1.29, 1.82) is 0 Å². The summed E-state index contributed by atoms with van der Waals surface area (Å²) in [7, 11) is 0. The first kappa shape index (κ1) is 17.4. The Labute approximate surface area is 150 Å². The van der Waals surface area contributed by atoms with Crippen molar-refractivity contribution in [3.8, 4) is 0 Å². The molecule has 24 heavy (non-hydrogen) atoms. The molecule has 0 bridgehead atoms. The summed E-state index contributed by atoms with van der Waals surface area (Å²) in [6, 6.07) is 0. The predicted molar refractivity (Wildman–Crippen MR) is 103 cm³/mol. The van der Waals surface area contributed by atoms with Crippen LogP contribution >= 0.6 is 0 Å². The fourth-order valence-corrected chi connectivity index (χ4v) is 8.76. The van der Waals surface area contributed by atoms with Gasteiger partial charge in [-0.25, -0.2) is 0 Å². The van der Waals surface area contributed by atoms with Crippen LogP contribution in [0.2, 0.25) is 0 Å². The van der Waals surface area contributed by atoms with Crippen LogP contribution in [-0.2, 0) is 0 Å². The molecule has 4 aliphatic rings. The smallest absolute Gasteiger partial charge is 0.00772 e. The lowest BCUT2D eigenvalue weighted by atomic mass is 9.43. The van der Waals surface area contributed by atoms with Gasteiger partial charge in [-0.05, 0) is 111 Å². The average Bonchev–Trinajstić information content (AvgIpc) is 2.89. The zero-order valence-corrected chi connectivity index (χ0v) is 16.5. The van der Waals surface area contributed by atoms with Gasteiger partial charge < -0.3 is 5.73 Å². The van der Waals surface area contributed by atoms with Crippen molar-refractivity contribution in [3.63, 3.8) is 0 Å². The molecule has 4 rings (SSSR count). The van der Waals surface area contributed by atoms with Crippen molar-refractivity contribution in [1.82, 2.24) is 0 Å². The second-order valence-electron chi connectivity index (χ2n) is 10.7. The van der Waals surface area contributed by atoms with E-state index in [-0.39, 0.29) is 0 Å². The molecule has 0 amide bonds. The highest BCUT2D eigenvalue weighted by Gasteiger charge is 2.60. The van der Waals surface area contributed by atoms with Gasteiger partial charge in [-0.3, -0.25) is 0 Å². The van der Waals surface area contributed by atoms with Crippen LogP contribution in [0.4, 0.5) is 0 Å². The van der Waals surface area contributed by atoms with Gasteiger partial charge in [0.05, 0.1) is 0 Å². The van der Waals surface area contributed by atoms with Gasteiger partial charge in [-0.1, -0.05) is 33.6 Å². The van der Waals surface area contributed by atoms with E-state index in [1.807, 2.05) is 0 Å². The van der Waals surface area contributed by atoms with Crippen LogP contribution in [0.1, 0.15) is 91.4 Å². The minimum Gasteiger partial charge on any atom is -0.330 e. The van der Waals surface area contributed by atoms with Crippen LogP contribution in [0.15, 0.2) is 0 Å². The highest BCUT2D eigenvalue weighted by molar-refractivity contribution is 5.09. The molecule has 0 saturated heterocycles. The summed E-state index contributed by atoms with van der Waals surface area (Å²) in [5, 5.41) is 0. The molecule has 1 heteroatoms. The summed E-state index contributed by atoms with van der Waals surface area (Å²) in [4.78, 5) is 0. The molecular formula is C23H41N. The molecule has 4 fully saturated rings. The van der Waals surface area contributed by atoms with Crippen LogP contribution in [0.25, 0.3) is 0 Å². The molecule has 0 aromatic rings. The Morgan fingerprint density at radius 3 is 2.46 bits per heavy atom. The number of hydrogen-bond acceptors (Lipinski definition) is 1. The molecule has 4 saturated carbocycles. The Balaban J connectivity index is 1.59. The third-order valence-electron chi connectivity index (χ3n) is 9.90. The average molecular weight is 332 g/mol. The van der Waals surface area contributed by atoms with Crippen molar-refractivity contribution >= 4 is 0 Å². The standard InChI is InChI=1S/C23H41N/c1-16-15-18-20-10-9-17(7-6-14-24)22(20,2)13-11-21(18)23(3)12-5-4-8-19(16)23/h16-21H,4-15,24H2,1-3H3/t16-,17?,18?,19?,20?,21-,22?,23?/m0/s1. The summed E-state index contributed by atoms with van der Waals surface area (Å²) in [5.41, 5.74) is 7.16. The van der Waals surface area contributed by atoms with Crippen molar-refractivity contribution < 1.29 is 0 Å². The molecule has 4 aliphatic carbocycles. The molecule has 0 radical (unpaired) electrons. The summed E-state index contributed by atoms with van der Waals surface area (Å²) in [6.07, 6.45) is 16.3. The fourth-order valence-electron chi connectivity index (χ4n) is 8.76. The summed E-state index contributed by atoms with van der Waals surface area (Å²) in [5.74, 6) is 6.10. The van der Waals surface area contributed by atoms with Crippen LogP contribution in [0, 0.1) is 46.3 Å². The van der Waals surface area contributed by atoms with Crippen molar-refractivity contribution in [2.24, 2.45) is 52.1 Å². The van der Waals surface area contributed by atoms with Gasteiger partial charge in [0.1, 0.15) is 0 Å². The molecule has 0 aliphatic heterocycles. The maximum absolute atomic E-state index is 5.83. The molecule has 138 valence electrons. The minimum absolute atomic E-state index is 0.647. The molecule has 6 unspecified atom stereocenters. The second-order valence-corrected chi connectivity index (χ2v) is 10.7. The molecule has 8 atom stereocenters. The van der Waals surface area contributed by atoms with E-state index in [0.717, 1.165) is 42.1 Å². The molecule has 1 nitrogen and oxygen atoms in total. The number of nitrogens with two attached hydrogens (primary N) is 1. The maximum Gasteiger partial charge on any atom is -0.00772 e. The van der Waals surface area contributed by atoms with E-state index in [2.05, 4.69) is 20.8 Å². The first-order chi connectivity index (χ1) is 11.5. The Morgan fingerprint density at radius 2 is 1.67 bits per heavy atom. The van der Waals surface area contributed by atoms with Crippen molar-refractivity contribution in [2.75, 3.05) is 6.54 Å². The maximum atomic E-state index is 5.83. The van der Waals surface area contributed by atoms with E-state index >= 15 is 0 Å². The minimum atomic E-state index is 0.647. The number of rotatable bonds is 3. The Morgan fingerprint density at radius 1 is 0.875 bits per heavy atom. The van der Waals surface area contributed by atoms with E-state index < -0.39 is 0 Å². The molecule has 0 heterocycles. The van der Waals surface area contributed by atoms with Gasteiger partial charge in [0.15, 0.2) is 0 Å². The van der Waals surface area contributed by atoms with E-state index in [9.17, 15) is 0 Å². The highest BCUT2D eigenvalue weighted by Crippen LogP contribution is 2.68. The van der Waals surface area contributed by atoms with Gasteiger partial charge in [0.25, 0.3) is 0 Å². The summed E-state index contributed by atoms with van der Waals surface area (Å²) < 4.78 is 0. The van der Waals surface area contributed by atoms with E-state index in [1.165, 1.54) is 64.2 Å². The van der Waals surface area contributed by atoms with Crippen molar-refractivity contribution in [2.45, 2.75) is 91.4 Å². The molecule has 0 aromatic carbocycles. The number of fused-ring (bicyclic) bond motifs is 5. The summed E-state index contributed by atoms with van der Waals surface area (Å²) in [6.45, 7) is 8.90. The number of hydrogen-bond donors (Lipinski definition) is 1. The van der Waals surface area contributed by atoms with Crippen molar-refractivity contribution in [3.05, 3.63) is 0 Å². The Kier molecular flexibility index (Phi) is 4.55.